The van der Waals surface area contributed by atoms with Gasteiger partial charge in [0.05, 0.1) is 18.4 Å². The molecule has 0 aliphatic rings. The average Bonchev–Trinajstić information content (AvgIpc) is 3.27. The Morgan fingerprint density at radius 2 is 1.69 bits per heavy atom. The van der Waals surface area contributed by atoms with Crippen molar-refractivity contribution in [2.75, 3.05) is 17.2 Å². The number of carbonyl (C=O) groups excluding carboxylic acids is 1. The van der Waals surface area contributed by atoms with Crippen molar-refractivity contribution in [2.24, 2.45) is 0 Å². The van der Waals surface area contributed by atoms with Crippen molar-refractivity contribution in [3.63, 3.8) is 0 Å². The van der Waals surface area contributed by atoms with Gasteiger partial charge in [-0.05, 0) is 69.3 Å². The number of carbonyl (C=O) groups is 1. The van der Waals surface area contributed by atoms with E-state index < -0.39 is 0 Å². The zero-order chi connectivity index (χ0) is 24.6. The van der Waals surface area contributed by atoms with E-state index in [4.69, 9.17) is 4.74 Å². The number of aryl methyl sites for hydroxylation is 1. The molecule has 3 aromatic carbocycles. The van der Waals surface area contributed by atoms with Crippen molar-refractivity contribution in [3.05, 3.63) is 90.3 Å². The highest BCUT2D eigenvalue weighted by Gasteiger charge is 2.21. The summed E-state index contributed by atoms with van der Waals surface area (Å²) in [7, 11) is 0. The molecule has 1 aromatic heterocycles. The minimum atomic E-state index is -0.365. The summed E-state index contributed by atoms with van der Waals surface area (Å²) in [5.41, 5.74) is 3.84. The van der Waals surface area contributed by atoms with Crippen LogP contribution in [0.25, 0.3) is 5.69 Å². The van der Waals surface area contributed by atoms with Crippen LogP contribution in [-0.2, 0) is 11.3 Å². The zero-order valence-corrected chi connectivity index (χ0v) is 20.9. The number of hydrogen-bond donors (Lipinski definition) is 2. The standard InChI is InChI=1S/C27H29N5O2S/c1-4-34-24-16-12-21(13-17-24)28-18-25-30-31-27(32(25)23-14-10-19(2)11-15-23)35-20(3)26(33)29-22-8-6-5-7-9-22/h5-17,20,28H,4,18H2,1-3H3,(H,29,33). The number of nitrogens with one attached hydrogen (secondary N) is 2. The first-order valence-electron chi connectivity index (χ1n) is 11.5. The number of hydrogen-bond acceptors (Lipinski definition) is 6. The SMILES string of the molecule is CCOc1ccc(NCc2nnc(SC(C)C(=O)Nc3ccccc3)n2-c2ccc(C)cc2)cc1. The predicted molar refractivity (Wildman–Crippen MR) is 141 cm³/mol. The summed E-state index contributed by atoms with van der Waals surface area (Å²) < 4.78 is 7.52. The predicted octanol–water partition coefficient (Wildman–Crippen LogP) is 5.71. The minimum Gasteiger partial charge on any atom is -0.494 e. The molecule has 0 spiro atoms. The van der Waals surface area contributed by atoms with E-state index in [-0.39, 0.29) is 11.2 Å². The van der Waals surface area contributed by atoms with Gasteiger partial charge in [0.25, 0.3) is 0 Å². The molecule has 35 heavy (non-hydrogen) atoms. The van der Waals surface area contributed by atoms with Crippen LogP contribution in [0.2, 0.25) is 0 Å². The molecule has 0 aliphatic heterocycles. The van der Waals surface area contributed by atoms with Crippen molar-refractivity contribution < 1.29 is 9.53 Å². The van der Waals surface area contributed by atoms with Crippen LogP contribution in [0.1, 0.15) is 25.2 Å². The summed E-state index contributed by atoms with van der Waals surface area (Å²) in [5, 5.41) is 15.5. The quantitative estimate of drug-likeness (QED) is 0.279. The maximum atomic E-state index is 12.8. The van der Waals surface area contributed by atoms with Gasteiger partial charge < -0.3 is 15.4 Å². The smallest absolute Gasteiger partial charge is 0.237 e. The van der Waals surface area contributed by atoms with Gasteiger partial charge in [-0.25, -0.2) is 0 Å². The molecule has 1 heterocycles. The number of nitrogens with zero attached hydrogens (tertiary/aromatic N) is 3. The number of amides is 1. The largest absolute Gasteiger partial charge is 0.494 e. The molecule has 1 atom stereocenters. The zero-order valence-electron chi connectivity index (χ0n) is 20.1. The molecule has 4 aromatic rings. The van der Waals surface area contributed by atoms with Gasteiger partial charge in [-0.1, -0.05) is 47.7 Å². The second-order valence-corrected chi connectivity index (χ2v) is 9.30. The van der Waals surface area contributed by atoms with Gasteiger partial charge in [-0.2, -0.15) is 0 Å². The monoisotopic (exact) mass is 487 g/mol. The first kappa shape index (κ1) is 24.3. The van der Waals surface area contributed by atoms with Crippen LogP contribution in [0.4, 0.5) is 11.4 Å². The van der Waals surface area contributed by atoms with Gasteiger partial charge in [-0.15, -0.1) is 10.2 Å². The Hall–Kier alpha value is -3.78. The fourth-order valence-electron chi connectivity index (χ4n) is 3.44. The Morgan fingerprint density at radius 3 is 2.37 bits per heavy atom. The number of benzene rings is 3. The second-order valence-electron chi connectivity index (χ2n) is 8.00. The van der Waals surface area contributed by atoms with Gasteiger partial charge in [0.1, 0.15) is 5.75 Å². The molecule has 1 unspecified atom stereocenters. The highest BCUT2D eigenvalue weighted by molar-refractivity contribution is 8.00. The second kappa shape index (κ2) is 11.6. The molecule has 0 aliphatic carbocycles. The van der Waals surface area contributed by atoms with Gasteiger partial charge >= 0.3 is 0 Å². The molecule has 0 bridgehead atoms. The van der Waals surface area contributed by atoms with E-state index in [0.29, 0.717) is 18.3 Å². The van der Waals surface area contributed by atoms with Crippen LogP contribution in [0.3, 0.4) is 0 Å². The average molecular weight is 488 g/mol. The number of para-hydroxylation sites is 1. The van der Waals surface area contributed by atoms with Crippen LogP contribution in [0.15, 0.2) is 84.0 Å². The van der Waals surface area contributed by atoms with Crippen molar-refractivity contribution >= 4 is 29.0 Å². The lowest BCUT2D eigenvalue weighted by molar-refractivity contribution is -0.115. The maximum absolute atomic E-state index is 12.8. The fourth-order valence-corrected chi connectivity index (χ4v) is 4.32. The van der Waals surface area contributed by atoms with E-state index in [1.807, 2.05) is 85.1 Å². The Bertz CT molecular complexity index is 1240. The third-order valence-corrected chi connectivity index (χ3v) is 6.34. The third kappa shape index (κ3) is 6.42. The van der Waals surface area contributed by atoms with Crippen LogP contribution >= 0.6 is 11.8 Å². The summed E-state index contributed by atoms with van der Waals surface area (Å²) in [5.74, 6) is 1.50. The Labute approximate surface area is 209 Å². The van der Waals surface area contributed by atoms with E-state index in [1.165, 1.54) is 17.3 Å². The van der Waals surface area contributed by atoms with Crippen LogP contribution in [0, 0.1) is 6.92 Å². The highest BCUT2D eigenvalue weighted by Crippen LogP contribution is 2.27. The Balaban J connectivity index is 1.53. The summed E-state index contributed by atoms with van der Waals surface area (Å²) in [6.45, 7) is 6.99. The lowest BCUT2D eigenvalue weighted by Crippen LogP contribution is -2.23. The maximum Gasteiger partial charge on any atom is 0.237 e. The van der Waals surface area contributed by atoms with Gasteiger partial charge in [-0.3, -0.25) is 9.36 Å². The first-order chi connectivity index (χ1) is 17.0. The van der Waals surface area contributed by atoms with E-state index in [1.54, 1.807) is 0 Å². The molecule has 0 saturated carbocycles. The van der Waals surface area contributed by atoms with Crippen molar-refractivity contribution in [1.29, 1.82) is 0 Å². The topological polar surface area (TPSA) is 81.1 Å². The normalized spacial score (nSPS) is 11.6. The molecular formula is C27H29N5O2S. The Morgan fingerprint density at radius 1 is 0.971 bits per heavy atom. The molecule has 0 radical (unpaired) electrons. The molecule has 2 N–H and O–H groups in total. The summed E-state index contributed by atoms with van der Waals surface area (Å²) >= 11 is 1.38. The summed E-state index contributed by atoms with van der Waals surface area (Å²) in [6.07, 6.45) is 0. The molecule has 4 rings (SSSR count). The van der Waals surface area contributed by atoms with Crippen LogP contribution < -0.4 is 15.4 Å². The lowest BCUT2D eigenvalue weighted by atomic mass is 10.2. The number of aromatic nitrogens is 3. The van der Waals surface area contributed by atoms with Crippen molar-refractivity contribution in [1.82, 2.24) is 14.8 Å². The first-order valence-corrected chi connectivity index (χ1v) is 12.4. The third-order valence-electron chi connectivity index (χ3n) is 5.30. The number of anilines is 2. The molecule has 0 saturated heterocycles. The van der Waals surface area contributed by atoms with Gasteiger partial charge in [0, 0.05) is 17.1 Å². The van der Waals surface area contributed by atoms with Crippen LogP contribution in [-0.4, -0.2) is 32.5 Å². The Kier molecular flexibility index (Phi) is 8.05. The highest BCUT2D eigenvalue weighted by atomic mass is 32.2. The lowest BCUT2D eigenvalue weighted by Gasteiger charge is -2.15. The van der Waals surface area contributed by atoms with Crippen molar-refractivity contribution in [3.8, 4) is 11.4 Å². The number of thioether (sulfide) groups is 1. The van der Waals surface area contributed by atoms with E-state index in [2.05, 4.69) is 39.9 Å². The van der Waals surface area contributed by atoms with Crippen molar-refractivity contribution in [2.45, 2.75) is 37.7 Å². The van der Waals surface area contributed by atoms with E-state index in [9.17, 15) is 4.79 Å². The molecule has 0 fully saturated rings. The molecule has 180 valence electrons. The van der Waals surface area contributed by atoms with E-state index >= 15 is 0 Å². The number of ether oxygens (including phenoxy) is 1. The molecule has 7 nitrogen and oxygen atoms in total. The van der Waals surface area contributed by atoms with E-state index in [0.717, 1.165) is 28.6 Å². The van der Waals surface area contributed by atoms with Crippen LogP contribution in [0.5, 0.6) is 5.75 Å². The summed E-state index contributed by atoms with van der Waals surface area (Å²) in [4.78, 5) is 12.8. The molecular weight excluding hydrogens is 458 g/mol. The minimum absolute atomic E-state index is 0.0891. The molecule has 1 amide bonds. The summed E-state index contributed by atoms with van der Waals surface area (Å²) in [6, 6.07) is 25.5. The molecule has 8 heteroatoms. The van der Waals surface area contributed by atoms with Gasteiger partial charge in [0.2, 0.25) is 5.91 Å². The van der Waals surface area contributed by atoms with Gasteiger partial charge in [0.15, 0.2) is 11.0 Å². The fraction of sp³-hybridized carbons (Fsp3) is 0.222. The number of rotatable bonds is 10.